The fraction of sp³-hybridized carbons (Fsp3) is 0.588. The second kappa shape index (κ2) is 4.54. The average Bonchev–Trinajstić information content (AvgIpc) is 2.77. The Morgan fingerprint density at radius 1 is 1.18 bits per heavy atom. The van der Waals surface area contributed by atoms with E-state index in [4.69, 9.17) is 4.74 Å². The molecule has 120 valence electrons. The highest BCUT2D eigenvalue weighted by Gasteiger charge is 2.62. The van der Waals surface area contributed by atoms with Gasteiger partial charge in [0.25, 0.3) is 0 Å². The summed E-state index contributed by atoms with van der Waals surface area (Å²) in [7, 11) is 0. The maximum atomic E-state index is 12.3. The summed E-state index contributed by atoms with van der Waals surface area (Å²) < 4.78 is 5.68. The van der Waals surface area contributed by atoms with Crippen LogP contribution in [0.25, 0.3) is 0 Å². The van der Waals surface area contributed by atoms with E-state index in [0.717, 1.165) is 25.0 Å². The molecular formula is C17H22O5. The Kier molecular flexibility index (Phi) is 3.10. The molecule has 2 bridgehead atoms. The standard InChI is InChI=1S/C17H22O5/c1-16(2)10-4-5-17(16,3)13(8-10)22-15(21)9-6-11(18)14(20)12(19)7-9/h6-7,10,13,18-20H,4-5,8H2,1-3H3. The molecule has 0 aromatic heterocycles. The SMILES string of the molecule is CC1(C)C2CCC1(C)C(OC(=O)c1cc(O)c(O)c(O)c1)C2. The third kappa shape index (κ3) is 1.87. The molecule has 5 heteroatoms. The van der Waals surface area contributed by atoms with Crippen molar-refractivity contribution in [2.24, 2.45) is 16.7 Å². The number of fused-ring (bicyclic) bond motifs is 2. The van der Waals surface area contributed by atoms with Crippen LogP contribution in [0.15, 0.2) is 12.1 Å². The van der Waals surface area contributed by atoms with Crippen molar-refractivity contribution < 1.29 is 24.9 Å². The number of phenols is 3. The fourth-order valence-corrected chi connectivity index (χ4v) is 4.23. The summed E-state index contributed by atoms with van der Waals surface area (Å²) in [5.41, 5.74) is 0.128. The lowest BCUT2D eigenvalue weighted by Crippen LogP contribution is -2.38. The molecule has 0 heterocycles. The van der Waals surface area contributed by atoms with Crippen LogP contribution in [0.2, 0.25) is 0 Å². The maximum Gasteiger partial charge on any atom is 0.338 e. The summed E-state index contributed by atoms with van der Waals surface area (Å²) in [6, 6.07) is 2.22. The normalized spacial score (nSPS) is 32.1. The summed E-state index contributed by atoms with van der Waals surface area (Å²) in [6.45, 7) is 6.64. The highest BCUT2D eigenvalue weighted by atomic mass is 16.5. The second-order valence-corrected chi connectivity index (χ2v) is 7.37. The van der Waals surface area contributed by atoms with Crippen molar-refractivity contribution in [3.63, 3.8) is 0 Å². The van der Waals surface area contributed by atoms with Gasteiger partial charge < -0.3 is 20.1 Å². The molecule has 2 aliphatic carbocycles. The van der Waals surface area contributed by atoms with Crippen LogP contribution >= 0.6 is 0 Å². The van der Waals surface area contributed by atoms with Crippen LogP contribution < -0.4 is 0 Å². The molecule has 3 N–H and O–H groups in total. The van der Waals surface area contributed by atoms with E-state index in [1.165, 1.54) is 6.42 Å². The molecule has 0 radical (unpaired) electrons. The van der Waals surface area contributed by atoms with Gasteiger partial charge in [-0.1, -0.05) is 20.8 Å². The predicted octanol–water partition coefficient (Wildman–Crippen LogP) is 3.18. The maximum absolute atomic E-state index is 12.3. The Balaban J connectivity index is 1.82. The van der Waals surface area contributed by atoms with Crippen molar-refractivity contribution in [1.82, 2.24) is 0 Å². The van der Waals surface area contributed by atoms with E-state index in [2.05, 4.69) is 20.8 Å². The first kappa shape index (κ1) is 15.0. The highest BCUT2D eigenvalue weighted by Crippen LogP contribution is 2.66. The Morgan fingerprint density at radius 2 is 1.77 bits per heavy atom. The van der Waals surface area contributed by atoms with Gasteiger partial charge in [-0.2, -0.15) is 0 Å². The van der Waals surface area contributed by atoms with Crippen LogP contribution in [-0.2, 0) is 4.74 Å². The van der Waals surface area contributed by atoms with E-state index in [1.807, 2.05) is 0 Å². The van der Waals surface area contributed by atoms with Gasteiger partial charge in [0, 0.05) is 5.41 Å². The van der Waals surface area contributed by atoms with Crippen LogP contribution in [0, 0.1) is 16.7 Å². The zero-order chi connectivity index (χ0) is 16.3. The number of phenolic OH excluding ortho intramolecular Hbond substituents is 3. The van der Waals surface area contributed by atoms with Crippen molar-refractivity contribution >= 4 is 5.97 Å². The lowest BCUT2D eigenvalue weighted by molar-refractivity contribution is -0.0243. The molecule has 1 aromatic rings. The first-order valence-corrected chi connectivity index (χ1v) is 7.63. The van der Waals surface area contributed by atoms with Crippen LogP contribution in [-0.4, -0.2) is 27.4 Å². The molecule has 2 saturated carbocycles. The van der Waals surface area contributed by atoms with Crippen LogP contribution in [0.3, 0.4) is 0 Å². The largest absolute Gasteiger partial charge is 0.504 e. The van der Waals surface area contributed by atoms with Gasteiger partial charge >= 0.3 is 5.97 Å². The minimum atomic E-state index is -0.635. The molecule has 3 atom stereocenters. The molecular weight excluding hydrogens is 284 g/mol. The number of hydrogen-bond donors (Lipinski definition) is 3. The highest BCUT2D eigenvalue weighted by molar-refractivity contribution is 5.91. The van der Waals surface area contributed by atoms with Gasteiger partial charge in [0.15, 0.2) is 17.2 Å². The quantitative estimate of drug-likeness (QED) is 0.577. The molecule has 3 unspecified atom stereocenters. The Hall–Kier alpha value is -1.91. The molecule has 2 aliphatic rings. The second-order valence-electron chi connectivity index (χ2n) is 7.37. The zero-order valence-corrected chi connectivity index (χ0v) is 13.1. The number of benzene rings is 1. The van der Waals surface area contributed by atoms with Crippen LogP contribution in [0.5, 0.6) is 17.2 Å². The summed E-state index contributed by atoms with van der Waals surface area (Å²) in [5.74, 6) is -1.74. The summed E-state index contributed by atoms with van der Waals surface area (Å²) in [6.07, 6.45) is 2.89. The first-order valence-electron chi connectivity index (χ1n) is 7.63. The number of rotatable bonds is 2. The molecule has 1 aromatic carbocycles. The number of carbonyl (C=O) groups is 1. The molecule has 22 heavy (non-hydrogen) atoms. The van der Waals surface area contributed by atoms with Gasteiger partial charge in [0.1, 0.15) is 6.10 Å². The summed E-state index contributed by atoms with van der Waals surface area (Å²) in [4.78, 5) is 12.3. The molecule has 2 fully saturated rings. The topological polar surface area (TPSA) is 87.0 Å². The monoisotopic (exact) mass is 306 g/mol. The first-order chi connectivity index (χ1) is 10.2. The fourth-order valence-electron chi connectivity index (χ4n) is 4.23. The van der Waals surface area contributed by atoms with Crippen molar-refractivity contribution in [2.75, 3.05) is 0 Å². The van der Waals surface area contributed by atoms with E-state index in [9.17, 15) is 20.1 Å². The lowest BCUT2D eigenvalue weighted by Gasteiger charge is -2.38. The van der Waals surface area contributed by atoms with E-state index < -0.39 is 23.2 Å². The molecule has 0 aliphatic heterocycles. The van der Waals surface area contributed by atoms with Crippen molar-refractivity contribution in [3.8, 4) is 17.2 Å². The van der Waals surface area contributed by atoms with Gasteiger partial charge in [-0.3, -0.25) is 0 Å². The van der Waals surface area contributed by atoms with Gasteiger partial charge in [-0.15, -0.1) is 0 Å². The average molecular weight is 306 g/mol. The lowest BCUT2D eigenvalue weighted by atomic mass is 9.70. The Morgan fingerprint density at radius 3 is 2.23 bits per heavy atom. The minimum absolute atomic E-state index is 0.0389. The van der Waals surface area contributed by atoms with Gasteiger partial charge in [-0.05, 0) is 42.7 Å². The number of aromatic hydroxyl groups is 3. The van der Waals surface area contributed by atoms with Gasteiger partial charge in [0.2, 0.25) is 0 Å². The van der Waals surface area contributed by atoms with Crippen LogP contribution in [0.4, 0.5) is 0 Å². The molecule has 3 rings (SSSR count). The van der Waals surface area contributed by atoms with Gasteiger partial charge in [-0.25, -0.2) is 4.79 Å². The smallest absolute Gasteiger partial charge is 0.338 e. The molecule has 0 spiro atoms. The summed E-state index contributed by atoms with van der Waals surface area (Å²) in [5, 5.41) is 28.4. The number of hydrogen-bond acceptors (Lipinski definition) is 5. The molecule has 5 nitrogen and oxygen atoms in total. The number of esters is 1. The van der Waals surface area contributed by atoms with Crippen LogP contribution in [0.1, 0.15) is 50.4 Å². The zero-order valence-electron chi connectivity index (χ0n) is 13.1. The van der Waals surface area contributed by atoms with E-state index >= 15 is 0 Å². The molecule has 0 saturated heterocycles. The van der Waals surface area contributed by atoms with Crippen molar-refractivity contribution in [2.45, 2.75) is 46.1 Å². The van der Waals surface area contributed by atoms with E-state index in [0.29, 0.717) is 5.92 Å². The third-order valence-corrected chi connectivity index (χ3v) is 6.27. The van der Waals surface area contributed by atoms with Crippen molar-refractivity contribution in [1.29, 1.82) is 0 Å². The third-order valence-electron chi connectivity index (χ3n) is 6.27. The number of carbonyl (C=O) groups excluding carboxylic acids is 1. The van der Waals surface area contributed by atoms with E-state index in [-0.39, 0.29) is 22.5 Å². The van der Waals surface area contributed by atoms with E-state index in [1.54, 1.807) is 0 Å². The number of ether oxygens (including phenoxy) is 1. The van der Waals surface area contributed by atoms with Gasteiger partial charge in [0.05, 0.1) is 5.56 Å². The molecule has 0 amide bonds. The minimum Gasteiger partial charge on any atom is -0.504 e. The summed E-state index contributed by atoms with van der Waals surface area (Å²) >= 11 is 0. The van der Waals surface area contributed by atoms with Crippen molar-refractivity contribution in [3.05, 3.63) is 17.7 Å². The Bertz CT molecular complexity index is 613. The Labute approximate surface area is 129 Å². The predicted molar refractivity (Wildman–Crippen MR) is 79.9 cm³/mol.